The average molecular weight is 347 g/mol. The summed E-state index contributed by atoms with van der Waals surface area (Å²) in [5.41, 5.74) is 0. The number of amides is 1. The van der Waals surface area contributed by atoms with Gasteiger partial charge in [0, 0.05) is 6.54 Å². The standard InChI is InChI=1S/C19H22FNO4/c20-14-5-7-15(8-6-14)24-12-16-9-10-18(25-16)19(23)21-11-17(22)13-3-1-2-4-13/h5-10,13,17,22H,1-4,11-12H2,(H,21,23). The van der Waals surface area contributed by atoms with Crippen molar-refractivity contribution in [1.29, 1.82) is 0 Å². The number of aliphatic hydroxyl groups excluding tert-OH is 1. The molecule has 1 aliphatic carbocycles. The van der Waals surface area contributed by atoms with Crippen molar-refractivity contribution in [3.63, 3.8) is 0 Å². The van der Waals surface area contributed by atoms with Crippen molar-refractivity contribution in [3.8, 4) is 5.75 Å². The van der Waals surface area contributed by atoms with Gasteiger partial charge in [-0.2, -0.15) is 0 Å². The van der Waals surface area contributed by atoms with E-state index in [4.69, 9.17) is 9.15 Å². The second kappa shape index (κ2) is 8.16. The molecule has 0 aliphatic heterocycles. The van der Waals surface area contributed by atoms with Crippen LogP contribution < -0.4 is 10.1 Å². The van der Waals surface area contributed by atoms with Gasteiger partial charge in [-0.3, -0.25) is 4.79 Å². The Labute approximate surface area is 145 Å². The van der Waals surface area contributed by atoms with Crippen LogP contribution in [0.4, 0.5) is 4.39 Å². The molecule has 25 heavy (non-hydrogen) atoms. The monoisotopic (exact) mass is 347 g/mol. The molecule has 2 N–H and O–H groups in total. The van der Waals surface area contributed by atoms with Gasteiger partial charge in [0.2, 0.25) is 0 Å². The largest absolute Gasteiger partial charge is 0.486 e. The minimum atomic E-state index is -0.511. The van der Waals surface area contributed by atoms with Gasteiger partial charge < -0.3 is 19.6 Å². The van der Waals surface area contributed by atoms with Gasteiger partial charge in [-0.05, 0) is 55.2 Å². The van der Waals surface area contributed by atoms with E-state index in [-0.39, 0.29) is 36.6 Å². The van der Waals surface area contributed by atoms with E-state index in [1.54, 1.807) is 12.1 Å². The maximum Gasteiger partial charge on any atom is 0.287 e. The molecular weight excluding hydrogens is 325 g/mol. The van der Waals surface area contributed by atoms with Crippen molar-refractivity contribution in [2.75, 3.05) is 6.54 Å². The molecule has 1 fully saturated rings. The lowest BCUT2D eigenvalue weighted by molar-refractivity contribution is 0.0815. The molecule has 0 saturated heterocycles. The van der Waals surface area contributed by atoms with Crippen LogP contribution in [-0.2, 0) is 6.61 Å². The molecule has 0 bridgehead atoms. The normalized spacial score (nSPS) is 15.9. The number of ether oxygens (including phenoxy) is 1. The summed E-state index contributed by atoms with van der Waals surface area (Å²) < 4.78 is 23.8. The summed E-state index contributed by atoms with van der Waals surface area (Å²) in [6, 6.07) is 8.90. The number of hydrogen-bond donors (Lipinski definition) is 2. The fourth-order valence-electron chi connectivity index (χ4n) is 3.06. The highest BCUT2D eigenvalue weighted by atomic mass is 19.1. The van der Waals surface area contributed by atoms with Crippen LogP contribution in [0, 0.1) is 11.7 Å². The zero-order valence-electron chi connectivity index (χ0n) is 13.9. The van der Waals surface area contributed by atoms with Gasteiger partial charge in [-0.1, -0.05) is 12.8 Å². The van der Waals surface area contributed by atoms with E-state index in [9.17, 15) is 14.3 Å². The molecule has 3 rings (SSSR count). The highest BCUT2D eigenvalue weighted by Gasteiger charge is 2.24. The third-order valence-electron chi connectivity index (χ3n) is 4.50. The van der Waals surface area contributed by atoms with Crippen LogP contribution >= 0.6 is 0 Å². The lowest BCUT2D eigenvalue weighted by atomic mass is 10.0. The van der Waals surface area contributed by atoms with Gasteiger partial charge >= 0.3 is 0 Å². The topological polar surface area (TPSA) is 71.7 Å². The van der Waals surface area contributed by atoms with Gasteiger partial charge in [-0.15, -0.1) is 0 Å². The minimum absolute atomic E-state index is 0.142. The number of aliphatic hydroxyl groups is 1. The van der Waals surface area contributed by atoms with E-state index in [0.29, 0.717) is 11.5 Å². The van der Waals surface area contributed by atoms with Crippen LogP contribution in [0.2, 0.25) is 0 Å². The number of benzene rings is 1. The maximum atomic E-state index is 12.8. The van der Waals surface area contributed by atoms with Crippen LogP contribution in [0.25, 0.3) is 0 Å². The van der Waals surface area contributed by atoms with Crippen molar-refractivity contribution < 1.29 is 23.4 Å². The fraction of sp³-hybridized carbons (Fsp3) is 0.421. The van der Waals surface area contributed by atoms with E-state index in [0.717, 1.165) is 25.7 Å². The third kappa shape index (κ3) is 4.82. The van der Waals surface area contributed by atoms with Crippen molar-refractivity contribution in [3.05, 3.63) is 53.7 Å². The number of carbonyl (C=O) groups excluding carboxylic acids is 1. The zero-order valence-corrected chi connectivity index (χ0v) is 13.9. The molecule has 2 aromatic rings. The van der Waals surface area contributed by atoms with Crippen LogP contribution in [-0.4, -0.2) is 23.7 Å². The summed E-state index contributed by atoms with van der Waals surface area (Å²) >= 11 is 0. The van der Waals surface area contributed by atoms with E-state index in [1.165, 1.54) is 24.3 Å². The molecule has 134 valence electrons. The zero-order chi connectivity index (χ0) is 17.6. The predicted molar refractivity (Wildman–Crippen MR) is 89.7 cm³/mol. The summed E-state index contributed by atoms with van der Waals surface area (Å²) in [5.74, 6) is 0.774. The van der Waals surface area contributed by atoms with E-state index < -0.39 is 6.10 Å². The molecule has 1 atom stereocenters. The molecular formula is C19H22FNO4. The van der Waals surface area contributed by atoms with Gasteiger partial charge in [0.05, 0.1) is 6.10 Å². The lowest BCUT2D eigenvalue weighted by Crippen LogP contribution is -2.35. The Kier molecular flexibility index (Phi) is 5.71. The first-order valence-corrected chi connectivity index (χ1v) is 8.55. The number of furan rings is 1. The average Bonchev–Trinajstić information content (AvgIpc) is 3.30. The first kappa shape index (κ1) is 17.5. The fourth-order valence-corrected chi connectivity index (χ4v) is 3.06. The predicted octanol–water partition coefficient (Wildman–Crippen LogP) is 3.28. The second-order valence-electron chi connectivity index (χ2n) is 6.33. The summed E-state index contributed by atoms with van der Waals surface area (Å²) in [5, 5.41) is 12.8. The number of carbonyl (C=O) groups is 1. The SMILES string of the molecule is O=C(NCC(O)C1CCCC1)c1ccc(COc2ccc(F)cc2)o1. The Hall–Kier alpha value is -2.34. The maximum absolute atomic E-state index is 12.8. The number of halogens is 1. The van der Waals surface area contributed by atoms with Gasteiger partial charge in [0.1, 0.15) is 23.9 Å². The lowest BCUT2D eigenvalue weighted by Gasteiger charge is -2.17. The van der Waals surface area contributed by atoms with Crippen LogP contribution in [0.3, 0.4) is 0 Å². The van der Waals surface area contributed by atoms with Crippen molar-refractivity contribution >= 4 is 5.91 Å². The van der Waals surface area contributed by atoms with Crippen LogP contribution in [0.5, 0.6) is 5.75 Å². The molecule has 1 heterocycles. The van der Waals surface area contributed by atoms with Gasteiger partial charge in [0.25, 0.3) is 5.91 Å². The molecule has 0 radical (unpaired) electrons. The Balaban J connectivity index is 1.46. The van der Waals surface area contributed by atoms with E-state index >= 15 is 0 Å². The van der Waals surface area contributed by atoms with Crippen molar-refractivity contribution in [1.82, 2.24) is 5.32 Å². The van der Waals surface area contributed by atoms with E-state index in [1.807, 2.05) is 0 Å². The molecule has 1 saturated carbocycles. The molecule has 6 heteroatoms. The van der Waals surface area contributed by atoms with Crippen molar-refractivity contribution in [2.45, 2.75) is 38.4 Å². The second-order valence-corrected chi connectivity index (χ2v) is 6.33. The molecule has 1 aromatic heterocycles. The smallest absolute Gasteiger partial charge is 0.287 e. The highest BCUT2D eigenvalue weighted by Crippen LogP contribution is 2.27. The minimum Gasteiger partial charge on any atom is -0.486 e. The molecule has 0 spiro atoms. The quantitative estimate of drug-likeness (QED) is 0.806. The Morgan fingerprint density at radius 3 is 2.68 bits per heavy atom. The first-order chi connectivity index (χ1) is 12.1. The van der Waals surface area contributed by atoms with Crippen molar-refractivity contribution in [2.24, 2.45) is 5.92 Å². The Bertz CT molecular complexity index is 692. The molecule has 1 amide bonds. The van der Waals surface area contributed by atoms with Crippen LogP contribution in [0.15, 0.2) is 40.8 Å². The molecule has 1 aliphatic rings. The van der Waals surface area contributed by atoms with E-state index in [2.05, 4.69) is 5.32 Å². The summed E-state index contributed by atoms with van der Waals surface area (Å²) in [7, 11) is 0. The molecule has 5 nitrogen and oxygen atoms in total. The van der Waals surface area contributed by atoms with Gasteiger partial charge in [0.15, 0.2) is 5.76 Å². The highest BCUT2D eigenvalue weighted by molar-refractivity contribution is 5.91. The molecule has 1 aromatic carbocycles. The summed E-state index contributed by atoms with van der Waals surface area (Å²) in [6.45, 7) is 0.370. The number of nitrogens with one attached hydrogen (secondary N) is 1. The number of rotatable bonds is 7. The third-order valence-corrected chi connectivity index (χ3v) is 4.50. The first-order valence-electron chi connectivity index (χ1n) is 8.55. The molecule has 1 unspecified atom stereocenters. The van der Waals surface area contributed by atoms with Crippen LogP contribution in [0.1, 0.15) is 42.0 Å². The Morgan fingerprint density at radius 1 is 1.24 bits per heavy atom. The number of hydrogen-bond acceptors (Lipinski definition) is 4. The summed E-state index contributed by atoms with van der Waals surface area (Å²) in [4.78, 5) is 12.1. The summed E-state index contributed by atoms with van der Waals surface area (Å²) in [6.07, 6.45) is 3.81. The Morgan fingerprint density at radius 2 is 1.96 bits per heavy atom. The van der Waals surface area contributed by atoms with Gasteiger partial charge in [-0.25, -0.2) is 4.39 Å².